The first kappa shape index (κ1) is 16.0. The van der Waals surface area contributed by atoms with Crippen LogP contribution in [0.25, 0.3) is 6.08 Å². The third kappa shape index (κ3) is 4.04. The molecule has 0 aliphatic heterocycles. The topological polar surface area (TPSA) is 29.1 Å². The second kappa shape index (κ2) is 7.03. The van der Waals surface area contributed by atoms with Gasteiger partial charge in [-0.15, -0.1) is 0 Å². The molecule has 0 radical (unpaired) electrons. The van der Waals surface area contributed by atoms with Crippen LogP contribution in [0.3, 0.4) is 0 Å². The minimum Gasteiger partial charge on any atom is -0.346 e. The first-order chi connectivity index (χ1) is 10.5. The molecule has 0 aliphatic carbocycles. The van der Waals surface area contributed by atoms with E-state index in [2.05, 4.69) is 18.3 Å². The van der Waals surface area contributed by atoms with Gasteiger partial charge in [-0.05, 0) is 49.6 Å². The van der Waals surface area contributed by atoms with Crippen molar-refractivity contribution in [2.45, 2.75) is 26.8 Å². The zero-order valence-electron chi connectivity index (χ0n) is 13.1. The monoisotopic (exact) mass is 297 g/mol. The molecule has 0 bridgehead atoms. The molecule has 0 saturated carbocycles. The van der Waals surface area contributed by atoms with Gasteiger partial charge in [0.15, 0.2) is 0 Å². The number of carbonyl (C=O) groups excluding carboxylic acids is 1. The van der Waals surface area contributed by atoms with Crippen LogP contribution in [0.15, 0.2) is 48.5 Å². The zero-order valence-corrected chi connectivity index (χ0v) is 13.1. The molecule has 0 saturated heterocycles. The Hall–Kier alpha value is -2.42. The molecule has 0 aliphatic rings. The quantitative estimate of drug-likeness (QED) is 0.836. The number of amides is 1. The van der Waals surface area contributed by atoms with Crippen LogP contribution in [-0.2, 0) is 4.79 Å². The van der Waals surface area contributed by atoms with Crippen LogP contribution in [0.2, 0.25) is 0 Å². The predicted octanol–water partition coefficient (Wildman–Crippen LogP) is 4.33. The normalized spacial score (nSPS) is 12.4. The average Bonchev–Trinajstić information content (AvgIpc) is 2.49. The Labute approximate surface area is 130 Å². The van der Waals surface area contributed by atoms with Crippen molar-refractivity contribution in [3.8, 4) is 0 Å². The highest BCUT2D eigenvalue weighted by atomic mass is 19.1. The fourth-order valence-electron chi connectivity index (χ4n) is 2.15. The predicted molar refractivity (Wildman–Crippen MR) is 87.9 cm³/mol. The van der Waals surface area contributed by atoms with E-state index in [-0.39, 0.29) is 17.8 Å². The van der Waals surface area contributed by atoms with E-state index >= 15 is 0 Å². The number of benzene rings is 2. The number of hydrogen-bond donors (Lipinski definition) is 1. The van der Waals surface area contributed by atoms with E-state index in [0.29, 0.717) is 5.56 Å². The molecule has 2 rings (SSSR count). The van der Waals surface area contributed by atoms with E-state index in [1.54, 1.807) is 18.2 Å². The summed E-state index contributed by atoms with van der Waals surface area (Å²) >= 11 is 0. The highest BCUT2D eigenvalue weighted by molar-refractivity contribution is 5.92. The van der Waals surface area contributed by atoms with Crippen molar-refractivity contribution >= 4 is 12.0 Å². The summed E-state index contributed by atoms with van der Waals surface area (Å²) in [7, 11) is 0. The molecule has 0 aromatic heterocycles. The van der Waals surface area contributed by atoms with Gasteiger partial charge in [0.1, 0.15) is 5.82 Å². The van der Waals surface area contributed by atoms with E-state index in [1.165, 1.54) is 29.3 Å². The van der Waals surface area contributed by atoms with Crippen molar-refractivity contribution in [2.75, 3.05) is 0 Å². The van der Waals surface area contributed by atoms with Gasteiger partial charge in [-0.25, -0.2) is 4.39 Å². The Kier molecular flexibility index (Phi) is 5.10. The van der Waals surface area contributed by atoms with Gasteiger partial charge in [0.25, 0.3) is 0 Å². The molecule has 2 aromatic rings. The van der Waals surface area contributed by atoms with Crippen LogP contribution in [0, 0.1) is 19.7 Å². The molecule has 3 heteroatoms. The van der Waals surface area contributed by atoms with Crippen molar-refractivity contribution in [1.29, 1.82) is 0 Å². The fourth-order valence-corrected chi connectivity index (χ4v) is 2.15. The molecule has 0 spiro atoms. The number of carbonyl (C=O) groups is 1. The fraction of sp³-hybridized carbons (Fsp3) is 0.211. The summed E-state index contributed by atoms with van der Waals surface area (Å²) in [4.78, 5) is 11.9. The summed E-state index contributed by atoms with van der Waals surface area (Å²) in [5, 5.41) is 2.88. The van der Waals surface area contributed by atoms with Crippen molar-refractivity contribution < 1.29 is 9.18 Å². The van der Waals surface area contributed by atoms with Crippen LogP contribution >= 0.6 is 0 Å². The Balaban J connectivity index is 2.02. The van der Waals surface area contributed by atoms with Gasteiger partial charge in [0, 0.05) is 11.6 Å². The first-order valence-corrected chi connectivity index (χ1v) is 7.27. The third-order valence-electron chi connectivity index (χ3n) is 3.71. The molecule has 2 aromatic carbocycles. The van der Waals surface area contributed by atoms with Gasteiger partial charge in [0.2, 0.25) is 5.91 Å². The lowest BCUT2D eigenvalue weighted by atomic mass is 10.0. The summed E-state index contributed by atoms with van der Waals surface area (Å²) in [5.74, 6) is -0.581. The van der Waals surface area contributed by atoms with Gasteiger partial charge in [-0.1, -0.05) is 36.4 Å². The zero-order chi connectivity index (χ0) is 16.1. The smallest absolute Gasteiger partial charge is 0.244 e. The maximum atomic E-state index is 13.5. The highest BCUT2D eigenvalue weighted by Crippen LogP contribution is 2.16. The molecule has 1 unspecified atom stereocenters. The molecule has 114 valence electrons. The van der Waals surface area contributed by atoms with Gasteiger partial charge in [0.05, 0.1) is 6.04 Å². The summed E-state index contributed by atoms with van der Waals surface area (Å²) in [6, 6.07) is 12.4. The molecule has 0 heterocycles. The Morgan fingerprint density at radius 3 is 2.55 bits per heavy atom. The third-order valence-corrected chi connectivity index (χ3v) is 3.71. The lowest BCUT2D eigenvalue weighted by Crippen LogP contribution is -2.24. The van der Waals surface area contributed by atoms with Crippen LogP contribution in [-0.4, -0.2) is 5.91 Å². The van der Waals surface area contributed by atoms with Crippen LogP contribution in [0.4, 0.5) is 4.39 Å². The van der Waals surface area contributed by atoms with Gasteiger partial charge in [-0.2, -0.15) is 0 Å². The first-order valence-electron chi connectivity index (χ1n) is 7.27. The number of hydrogen-bond acceptors (Lipinski definition) is 1. The molecule has 22 heavy (non-hydrogen) atoms. The van der Waals surface area contributed by atoms with Crippen molar-refractivity contribution in [3.63, 3.8) is 0 Å². The Morgan fingerprint density at radius 2 is 1.86 bits per heavy atom. The molecule has 2 nitrogen and oxygen atoms in total. The largest absolute Gasteiger partial charge is 0.346 e. The maximum Gasteiger partial charge on any atom is 0.244 e. The van der Waals surface area contributed by atoms with Crippen molar-refractivity contribution in [3.05, 3.63) is 76.6 Å². The lowest BCUT2D eigenvalue weighted by molar-refractivity contribution is -0.117. The summed E-state index contributed by atoms with van der Waals surface area (Å²) in [5.41, 5.74) is 3.87. The van der Waals surface area contributed by atoms with Crippen molar-refractivity contribution in [2.24, 2.45) is 0 Å². The van der Waals surface area contributed by atoms with E-state index in [0.717, 1.165) is 5.56 Å². The number of aryl methyl sites for hydroxylation is 2. The number of nitrogens with one attached hydrogen (secondary N) is 1. The SMILES string of the molecule is Cc1ccc(C(C)NC(=O)C=Cc2ccccc2F)cc1C. The van der Waals surface area contributed by atoms with Gasteiger partial charge >= 0.3 is 0 Å². The van der Waals surface area contributed by atoms with E-state index in [1.807, 2.05) is 26.0 Å². The lowest BCUT2D eigenvalue weighted by Gasteiger charge is -2.14. The summed E-state index contributed by atoms with van der Waals surface area (Å²) in [6.45, 7) is 6.03. The number of halogens is 1. The molecule has 1 amide bonds. The number of rotatable bonds is 4. The summed E-state index contributed by atoms with van der Waals surface area (Å²) in [6.07, 6.45) is 2.84. The van der Waals surface area contributed by atoms with E-state index in [4.69, 9.17) is 0 Å². The highest BCUT2D eigenvalue weighted by Gasteiger charge is 2.08. The second-order valence-electron chi connectivity index (χ2n) is 5.43. The molecule has 1 atom stereocenters. The van der Waals surface area contributed by atoms with Crippen LogP contribution < -0.4 is 5.32 Å². The summed E-state index contributed by atoms with van der Waals surface area (Å²) < 4.78 is 13.5. The molecule has 0 fully saturated rings. The van der Waals surface area contributed by atoms with Crippen LogP contribution in [0.1, 0.15) is 35.2 Å². The van der Waals surface area contributed by atoms with Crippen molar-refractivity contribution in [1.82, 2.24) is 5.32 Å². The van der Waals surface area contributed by atoms with Gasteiger partial charge in [-0.3, -0.25) is 4.79 Å². The maximum absolute atomic E-state index is 13.5. The Bertz CT molecular complexity index is 706. The standard InChI is InChI=1S/C19H20FNO/c1-13-8-9-17(12-14(13)2)15(3)21-19(22)11-10-16-6-4-5-7-18(16)20/h4-12,15H,1-3H3,(H,21,22). The minimum absolute atomic E-state index is 0.0999. The molecular formula is C19H20FNO. The minimum atomic E-state index is -0.339. The van der Waals surface area contributed by atoms with Gasteiger partial charge < -0.3 is 5.32 Å². The van der Waals surface area contributed by atoms with E-state index < -0.39 is 0 Å². The Morgan fingerprint density at radius 1 is 1.14 bits per heavy atom. The molecule has 1 N–H and O–H groups in total. The van der Waals surface area contributed by atoms with E-state index in [9.17, 15) is 9.18 Å². The average molecular weight is 297 g/mol. The second-order valence-corrected chi connectivity index (χ2v) is 5.43. The van der Waals surface area contributed by atoms with Crippen LogP contribution in [0.5, 0.6) is 0 Å². The molecular weight excluding hydrogens is 277 g/mol.